The van der Waals surface area contributed by atoms with E-state index >= 15 is 0 Å². The lowest BCUT2D eigenvalue weighted by Crippen LogP contribution is -1.99. The van der Waals surface area contributed by atoms with Gasteiger partial charge in [-0.15, -0.1) is 0 Å². The number of hydrogen-bond acceptors (Lipinski definition) is 2. The Kier molecular flexibility index (Phi) is 3.67. The lowest BCUT2D eigenvalue weighted by molar-refractivity contribution is 1.000. The van der Waals surface area contributed by atoms with Gasteiger partial charge in [-0.3, -0.25) is 4.57 Å². The summed E-state index contributed by atoms with van der Waals surface area (Å²) in [6.45, 7) is 2.04. The van der Waals surface area contributed by atoms with Gasteiger partial charge in [0.15, 0.2) is 0 Å². The van der Waals surface area contributed by atoms with Gasteiger partial charge >= 0.3 is 0 Å². The van der Waals surface area contributed by atoms with Gasteiger partial charge in [0.2, 0.25) is 0 Å². The molecule has 2 aromatic heterocycles. The van der Waals surface area contributed by atoms with Crippen LogP contribution in [0.5, 0.6) is 0 Å². The molecule has 4 aromatic rings. The highest BCUT2D eigenvalue weighted by Crippen LogP contribution is 2.22. The topological polar surface area (TPSA) is 30.7 Å². The zero-order valence-corrected chi connectivity index (χ0v) is 13.4. The summed E-state index contributed by atoms with van der Waals surface area (Å²) in [7, 11) is 0. The van der Waals surface area contributed by atoms with E-state index in [9.17, 15) is 0 Å². The Hall–Kier alpha value is -3.20. The van der Waals surface area contributed by atoms with Crippen molar-refractivity contribution >= 4 is 23.2 Å². The normalized spacial score (nSPS) is 11.4. The molecule has 4 rings (SSSR count). The molecule has 0 saturated heterocycles. The molecule has 3 heteroatoms. The number of para-hydroxylation sites is 2. The average molecular weight is 311 g/mol. The van der Waals surface area contributed by atoms with Crippen molar-refractivity contribution in [2.45, 2.75) is 6.92 Å². The van der Waals surface area contributed by atoms with Crippen LogP contribution < -0.4 is 0 Å². The first-order chi connectivity index (χ1) is 11.8. The molecule has 0 aliphatic rings. The lowest BCUT2D eigenvalue weighted by atomic mass is 10.2. The first kappa shape index (κ1) is 14.4. The molecule has 0 atom stereocenters. The maximum absolute atomic E-state index is 4.76. The van der Waals surface area contributed by atoms with Crippen LogP contribution in [-0.4, -0.2) is 14.5 Å². The van der Waals surface area contributed by atoms with Gasteiger partial charge in [0.25, 0.3) is 0 Å². The molecule has 2 aromatic carbocycles. The van der Waals surface area contributed by atoms with E-state index in [2.05, 4.69) is 39.9 Å². The van der Waals surface area contributed by atoms with Crippen LogP contribution in [0.15, 0.2) is 72.9 Å². The number of imidazole rings is 1. The van der Waals surface area contributed by atoms with Crippen molar-refractivity contribution < 1.29 is 0 Å². The van der Waals surface area contributed by atoms with E-state index in [1.165, 1.54) is 0 Å². The Balaban J connectivity index is 1.87. The molecule has 3 nitrogen and oxygen atoms in total. The van der Waals surface area contributed by atoms with Crippen LogP contribution in [-0.2, 0) is 0 Å². The van der Waals surface area contributed by atoms with Crippen molar-refractivity contribution in [2.75, 3.05) is 0 Å². The summed E-state index contributed by atoms with van der Waals surface area (Å²) in [4.78, 5) is 9.34. The molecule has 0 amide bonds. The maximum atomic E-state index is 4.76. The van der Waals surface area contributed by atoms with Crippen LogP contribution in [0.3, 0.4) is 0 Å². The Bertz CT molecular complexity index is 996. The molecule has 0 aliphatic heterocycles. The molecule has 0 radical (unpaired) electrons. The third kappa shape index (κ3) is 2.72. The number of benzene rings is 2. The van der Waals surface area contributed by atoms with E-state index in [-0.39, 0.29) is 0 Å². The third-order valence-corrected chi connectivity index (χ3v) is 3.94. The summed E-state index contributed by atoms with van der Waals surface area (Å²) in [5, 5.41) is 0. The molecule has 116 valence electrons. The highest BCUT2D eigenvalue weighted by Gasteiger charge is 2.10. The highest BCUT2D eigenvalue weighted by molar-refractivity contribution is 5.81. The molecule has 0 spiro atoms. The van der Waals surface area contributed by atoms with Crippen LogP contribution >= 0.6 is 0 Å². The highest BCUT2D eigenvalue weighted by atomic mass is 15.1. The van der Waals surface area contributed by atoms with Crippen LogP contribution in [0.1, 0.15) is 17.0 Å². The minimum Gasteiger partial charge on any atom is -0.277 e. The van der Waals surface area contributed by atoms with Crippen LogP contribution in [0, 0.1) is 6.92 Å². The lowest BCUT2D eigenvalue weighted by Gasteiger charge is -2.06. The second-order valence-electron chi connectivity index (χ2n) is 5.73. The zero-order valence-electron chi connectivity index (χ0n) is 13.4. The predicted octanol–water partition coefficient (Wildman–Crippen LogP) is 4.90. The molecular weight excluding hydrogens is 294 g/mol. The second-order valence-corrected chi connectivity index (χ2v) is 5.73. The molecule has 0 saturated carbocycles. The Morgan fingerprint density at radius 3 is 2.42 bits per heavy atom. The smallest absolute Gasteiger partial charge is 0.139 e. The van der Waals surface area contributed by atoms with Crippen molar-refractivity contribution in [2.24, 2.45) is 0 Å². The van der Waals surface area contributed by atoms with Gasteiger partial charge in [-0.1, -0.05) is 54.6 Å². The van der Waals surface area contributed by atoms with E-state index in [0.717, 1.165) is 33.8 Å². The standard InChI is InChI=1S/C21H17N3/c1-16-11-13-20(22-15-16)24-19-10-6-5-9-18(19)23-21(24)14-12-17-7-3-2-4-8-17/h2-15H,1H3. The Labute approximate surface area is 140 Å². The molecule has 0 N–H and O–H groups in total. The van der Waals surface area contributed by atoms with Gasteiger partial charge in [0.1, 0.15) is 11.6 Å². The molecule has 2 heterocycles. The number of aromatic nitrogens is 3. The van der Waals surface area contributed by atoms with Gasteiger partial charge in [0, 0.05) is 6.20 Å². The minimum absolute atomic E-state index is 0.872. The number of rotatable bonds is 3. The van der Waals surface area contributed by atoms with Gasteiger partial charge < -0.3 is 0 Å². The number of fused-ring (bicyclic) bond motifs is 1. The summed E-state index contributed by atoms with van der Waals surface area (Å²) in [6, 6.07) is 22.5. The fraction of sp³-hybridized carbons (Fsp3) is 0.0476. The average Bonchev–Trinajstić information content (AvgIpc) is 3.00. The van der Waals surface area contributed by atoms with Crippen LogP contribution in [0.2, 0.25) is 0 Å². The molecule has 0 unspecified atom stereocenters. The number of aryl methyl sites for hydroxylation is 1. The van der Waals surface area contributed by atoms with Gasteiger partial charge in [-0.05, 0) is 42.3 Å². The fourth-order valence-corrected chi connectivity index (χ4v) is 2.72. The predicted molar refractivity (Wildman–Crippen MR) is 99.0 cm³/mol. The first-order valence-corrected chi connectivity index (χ1v) is 7.95. The monoisotopic (exact) mass is 311 g/mol. The quantitative estimate of drug-likeness (QED) is 0.539. The van der Waals surface area contributed by atoms with Crippen molar-refractivity contribution in [3.05, 3.63) is 89.9 Å². The van der Waals surface area contributed by atoms with E-state index in [1.807, 2.05) is 61.7 Å². The number of hydrogen-bond donors (Lipinski definition) is 0. The molecule has 0 aliphatic carbocycles. The second kappa shape index (κ2) is 6.13. The fourth-order valence-electron chi connectivity index (χ4n) is 2.72. The molecule has 0 bridgehead atoms. The summed E-state index contributed by atoms with van der Waals surface area (Å²) in [5.74, 6) is 1.75. The number of pyridine rings is 1. The summed E-state index contributed by atoms with van der Waals surface area (Å²) in [6.07, 6.45) is 6.00. The van der Waals surface area contributed by atoms with Crippen molar-refractivity contribution in [1.29, 1.82) is 0 Å². The van der Waals surface area contributed by atoms with Crippen molar-refractivity contribution in [1.82, 2.24) is 14.5 Å². The van der Waals surface area contributed by atoms with Crippen molar-refractivity contribution in [3.63, 3.8) is 0 Å². The third-order valence-electron chi connectivity index (χ3n) is 3.94. The molecule has 24 heavy (non-hydrogen) atoms. The van der Waals surface area contributed by atoms with Gasteiger partial charge in [-0.2, -0.15) is 0 Å². The number of nitrogens with zero attached hydrogens (tertiary/aromatic N) is 3. The van der Waals surface area contributed by atoms with Crippen LogP contribution in [0.25, 0.3) is 29.0 Å². The Morgan fingerprint density at radius 2 is 1.62 bits per heavy atom. The zero-order chi connectivity index (χ0) is 16.4. The minimum atomic E-state index is 0.872. The summed E-state index contributed by atoms with van der Waals surface area (Å²) >= 11 is 0. The van der Waals surface area contributed by atoms with E-state index in [0.29, 0.717) is 0 Å². The van der Waals surface area contributed by atoms with Gasteiger partial charge in [0.05, 0.1) is 11.0 Å². The maximum Gasteiger partial charge on any atom is 0.139 e. The molecule has 0 fully saturated rings. The summed E-state index contributed by atoms with van der Waals surface area (Å²) in [5.41, 5.74) is 4.31. The molecular formula is C21H17N3. The van der Waals surface area contributed by atoms with E-state index in [1.54, 1.807) is 0 Å². The first-order valence-electron chi connectivity index (χ1n) is 7.95. The van der Waals surface area contributed by atoms with Crippen molar-refractivity contribution in [3.8, 4) is 5.82 Å². The van der Waals surface area contributed by atoms with E-state index < -0.39 is 0 Å². The Morgan fingerprint density at radius 1 is 0.833 bits per heavy atom. The largest absolute Gasteiger partial charge is 0.277 e. The SMILES string of the molecule is Cc1ccc(-n2c(C=Cc3ccccc3)nc3ccccc32)nc1. The summed E-state index contributed by atoms with van der Waals surface area (Å²) < 4.78 is 2.09. The van der Waals surface area contributed by atoms with E-state index in [4.69, 9.17) is 4.98 Å². The van der Waals surface area contributed by atoms with Crippen LogP contribution in [0.4, 0.5) is 0 Å². The van der Waals surface area contributed by atoms with Gasteiger partial charge in [-0.25, -0.2) is 9.97 Å².